The fourth-order valence-electron chi connectivity index (χ4n) is 7.06. The molecule has 0 bridgehead atoms. The topological polar surface area (TPSA) is 63.3 Å². The van der Waals surface area contributed by atoms with Crippen LogP contribution in [0.1, 0.15) is 22.3 Å². The summed E-state index contributed by atoms with van der Waals surface area (Å²) in [6, 6.07) is 51.2. The number of aromatic nitrogens is 4. The van der Waals surface area contributed by atoms with Crippen LogP contribution in [0.3, 0.4) is 0 Å². The molecule has 0 N–H and O–H groups in total. The van der Waals surface area contributed by atoms with E-state index >= 15 is 0 Å². The van der Waals surface area contributed by atoms with Crippen molar-refractivity contribution in [2.75, 3.05) is 0 Å². The van der Waals surface area contributed by atoms with Gasteiger partial charge in [-0.25, -0.2) is 9.67 Å². The van der Waals surface area contributed by atoms with Crippen LogP contribution in [-0.2, 0) is 13.2 Å². The van der Waals surface area contributed by atoms with Gasteiger partial charge in [-0.3, -0.25) is 4.57 Å². The lowest BCUT2D eigenvalue weighted by atomic mass is 10.1. The van der Waals surface area contributed by atoms with Crippen LogP contribution in [0.25, 0.3) is 44.4 Å². The number of nitrogens with zero attached hydrogens (tertiary/aromatic N) is 4. The average Bonchev–Trinajstić information content (AvgIpc) is 3.83. The molecule has 9 aromatic rings. The first kappa shape index (κ1) is 33.7. The highest BCUT2D eigenvalue weighted by molar-refractivity contribution is 6.09. The second-order valence-corrected chi connectivity index (χ2v) is 13.7. The highest BCUT2D eigenvalue weighted by Crippen LogP contribution is 2.40. The van der Waals surface area contributed by atoms with Gasteiger partial charge in [-0.2, -0.15) is 5.10 Å². The van der Waals surface area contributed by atoms with Gasteiger partial charge in [0.05, 0.1) is 28.5 Å². The molecule has 7 heteroatoms. The largest absolute Gasteiger partial charge is 0.488 e. The second kappa shape index (κ2) is 14.7. The van der Waals surface area contributed by atoms with Gasteiger partial charge in [0.2, 0.25) is 0 Å². The number of aryl methyl sites for hydroxylation is 2. The summed E-state index contributed by atoms with van der Waals surface area (Å²) in [5, 5.41) is 7.13. The molecule has 3 aromatic heterocycles. The van der Waals surface area contributed by atoms with Crippen molar-refractivity contribution in [2.45, 2.75) is 27.1 Å². The third-order valence-electron chi connectivity index (χ3n) is 9.64. The lowest BCUT2D eigenvalue weighted by Gasteiger charge is -2.16. The van der Waals surface area contributed by atoms with Crippen LogP contribution < -0.4 is 14.2 Å². The van der Waals surface area contributed by atoms with Gasteiger partial charge in [0.1, 0.15) is 42.0 Å². The maximum absolute atomic E-state index is 6.60. The molecule has 268 valence electrons. The van der Waals surface area contributed by atoms with E-state index in [1.807, 2.05) is 102 Å². The van der Waals surface area contributed by atoms with Crippen LogP contribution in [0.2, 0.25) is 0 Å². The Morgan fingerprint density at radius 1 is 0.564 bits per heavy atom. The van der Waals surface area contributed by atoms with Crippen LogP contribution in [0, 0.1) is 13.8 Å². The Balaban J connectivity index is 1.05. The minimum absolute atomic E-state index is 0.427. The van der Waals surface area contributed by atoms with Gasteiger partial charge < -0.3 is 14.2 Å². The number of fused-ring (bicyclic) bond motifs is 3. The van der Waals surface area contributed by atoms with E-state index < -0.39 is 0 Å². The third-order valence-corrected chi connectivity index (χ3v) is 9.64. The Labute approximate surface area is 319 Å². The summed E-state index contributed by atoms with van der Waals surface area (Å²) in [4.78, 5) is 4.73. The third kappa shape index (κ3) is 7.03. The van der Waals surface area contributed by atoms with Crippen LogP contribution in [-0.4, -0.2) is 19.3 Å². The molecule has 0 amide bonds. The molecule has 0 atom stereocenters. The van der Waals surface area contributed by atoms with Crippen molar-refractivity contribution in [3.05, 3.63) is 193 Å². The first-order chi connectivity index (χ1) is 27.1. The van der Waals surface area contributed by atoms with Crippen LogP contribution in [0.4, 0.5) is 0 Å². The van der Waals surface area contributed by atoms with E-state index in [0.29, 0.717) is 19.0 Å². The van der Waals surface area contributed by atoms with Gasteiger partial charge in [0, 0.05) is 40.9 Å². The summed E-state index contributed by atoms with van der Waals surface area (Å²) in [6.07, 6.45) is 5.72. The molecule has 0 radical (unpaired) electrons. The monoisotopic (exact) mass is 718 g/mol. The van der Waals surface area contributed by atoms with Crippen LogP contribution in [0.5, 0.6) is 23.0 Å². The molecule has 3 heterocycles. The quantitative estimate of drug-likeness (QED) is 0.133. The van der Waals surface area contributed by atoms with E-state index in [-0.39, 0.29) is 0 Å². The molecular weight excluding hydrogens is 681 g/mol. The first-order valence-electron chi connectivity index (χ1n) is 18.3. The van der Waals surface area contributed by atoms with Crippen molar-refractivity contribution in [3.8, 4) is 45.6 Å². The highest BCUT2D eigenvalue weighted by atomic mass is 16.5. The predicted octanol–water partition coefficient (Wildman–Crippen LogP) is 11.6. The van der Waals surface area contributed by atoms with Gasteiger partial charge in [0.25, 0.3) is 0 Å². The SMILES string of the molecule is Cc1cc(Oc2ccc3c4ccccc4n(-c4cc(C)ccn4)c3c2)cc(-n2cc(-c3c(OCc4ccccc4)cccc3OCc3ccccc3)cn2)c1. The zero-order valence-electron chi connectivity index (χ0n) is 30.6. The van der Waals surface area contributed by atoms with Gasteiger partial charge in [-0.15, -0.1) is 0 Å². The predicted molar refractivity (Wildman–Crippen MR) is 219 cm³/mol. The Kier molecular flexibility index (Phi) is 9.02. The molecule has 0 fully saturated rings. The molecule has 0 aliphatic rings. The summed E-state index contributed by atoms with van der Waals surface area (Å²) < 4.78 is 23.6. The van der Waals surface area contributed by atoms with Crippen molar-refractivity contribution in [2.24, 2.45) is 0 Å². The summed E-state index contributed by atoms with van der Waals surface area (Å²) >= 11 is 0. The van der Waals surface area contributed by atoms with Crippen molar-refractivity contribution in [1.82, 2.24) is 19.3 Å². The average molecular weight is 719 g/mol. The molecule has 7 nitrogen and oxygen atoms in total. The van der Waals surface area contributed by atoms with E-state index in [2.05, 4.69) is 91.2 Å². The van der Waals surface area contributed by atoms with Crippen LogP contribution >= 0.6 is 0 Å². The van der Waals surface area contributed by atoms with Crippen molar-refractivity contribution >= 4 is 21.8 Å². The summed E-state index contributed by atoms with van der Waals surface area (Å²) in [7, 11) is 0. The number of rotatable bonds is 11. The van der Waals surface area contributed by atoms with Gasteiger partial charge in [-0.1, -0.05) is 84.9 Å². The number of benzene rings is 6. The highest BCUT2D eigenvalue weighted by Gasteiger charge is 2.18. The zero-order chi connectivity index (χ0) is 37.1. The smallest absolute Gasteiger partial charge is 0.137 e. The lowest BCUT2D eigenvalue weighted by Crippen LogP contribution is -2.01. The number of pyridine rings is 1. The minimum Gasteiger partial charge on any atom is -0.488 e. The van der Waals surface area contributed by atoms with E-state index in [1.165, 1.54) is 5.39 Å². The number of ether oxygens (including phenoxy) is 3. The van der Waals surface area contributed by atoms with E-state index in [9.17, 15) is 0 Å². The number of para-hydroxylation sites is 1. The second-order valence-electron chi connectivity index (χ2n) is 13.7. The summed E-state index contributed by atoms with van der Waals surface area (Å²) in [5.74, 6) is 3.75. The Morgan fingerprint density at radius 2 is 1.25 bits per heavy atom. The van der Waals surface area contributed by atoms with Gasteiger partial charge in [0.15, 0.2) is 0 Å². The molecule has 6 aromatic carbocycles. The molecule has 0 spiro atoms. The summed E-state index contributed by atoms with van der Waals surface area (Å²) in [5.41, 5.74) is 9.07. The minimum atomic E-state index is 0.427. The van der Waals surface area contributed by atoms with E-state index in [4.69, 9.17) is 24.3 Å². The van der Waals surface area contributed by atoms with E-state index in [0.717, 1.165) is 78.6 Å². The molecule has 0 saturated carbocycles. The molecule has 0 aliphatic heterocycles. The Hall–Kier alpha value is -7.12. The molecule has 9 rings (SSSR count). The van der Waals surface area contributed by atoms with Crippen molar-refractivity contribution in [3.63, 3.8) is 0 Å². The van der Waals surface area contributed by atoms with Crippen LogP contribution in [0.15, 0.2) is 170 Å². The maximum atomic E-state index is 6.60. The fourth-order valence-corrected chi connectivity index (χ4v) is 7.06. The van der Waals surface area contributed by atoms with Gasteiger partial charge in [-0.05, 0) is 90.7 Å². The first-order valence-corrected chi connectivity index (χ1v) is 18.3. The molecule has 0 saturated heterocycles. The van der Waals surface area contributed by atoms with E-state index in [1.54, 1.807) is 0 Å². The fraction of sp³-hybridized carbons (Fsp3) is 0.0833. The standard InChI is InChI=1S/C48H38N4O3/c1-33-22-23-49-47(26-33)52-43-17-10-9-16-41(43)42-21-20-39(28-44(42)52)55-40-25-34(2)24-38(27-40)51-30-37(29-50-51)48-45(53-31-35-12-5-3-6-13-35)18-11-19-46(48)54-32-36-14-7-4-8-15-36/h3-30H,31-32H2,1-2H3. The summed E-state index contributed by atoms with van der Waals surface area (Å²) in [6.45, 7) is 5.00. The Morgan fingerprint density at radius 3 is 1.98 bits per heavy atom. The maximum Gasteiger partial charge on any atom is 0.137 e. The van der Waals surface area contributed by atoms with Gasteiger partial charge >= 0.3 is 0 Å². The molecule has 0 unspecified atom stereocenters. The lowest BCUT2D eigenvalue weighted by molar-refractivity contribution is 0.292. The number of hydrogen-bond acceptors (Lipinski definition) is 5. The zero-order valence-corrected chi connectivity index (χ0v) is 30.6. The molecule has 0 aliphatic carbocycles. The van der Waals surface area contributed by atoms with Crippen molar-refractivity contribution < 1.29 is 14.2 Å². The van der Waals surface area contributed by atoms with Crippen molar-refractivity contribution in [1.29, 1.82) is 0 Å². The molecular formula is C48H38N4O3. The molecule has 55 heavy (non-hydrogen) atoms. The normalized spacial score (nSPS) is 11.2. The number of hydrogen-bond donors (Lipinski definition) is 0. The Bertz CT molecular complexity index is 2710.